The molecule has 0 aliphatic carbocycles. The largest absolute Gasteiger partial charge is 0.481 e. The van der Waals surface area contributed by atoms with E-state index in [1.165, 1.54) is 21.0 Å². The molecule has 0 spiro atoms. The fourth-order valence-corrected chi connectivity index (χ4v) is 8.30. The quantitative estimate of drug-likeness (QED) is 0.0935. The summed E-state index contributed by atoms with van der Waals surface area (Å²) < 4.78 is 30.9. The molecule has 0 aromatic carbocycles. The number of aliphatic carboxylic acids is 1. The molecular formula is C38H74N2O13. The van der Waals surface area contributed by atoms with Crippen LogP contribution in [-0.2, 0) is 28.5 Å². The van der Waals surface area contributed by atoms with Crippen molar-refractivity contribution in [2.75, 3.05) is 34.8 Å². The highest BCUT2D eigenvalue weighted by molar-refractivity contribution is 5.70. The van der Waals surface area contributed by atoms with E-state index in [0.29, 0.717) is 13.0 Å². The van der Waals surface area contributed by atoms with E-state index in [0.717, 1.165) is 0 Å². The smallest absolute Gasteiger partial charge is 0.308 e. The van der Waals surface area contributed by atoms with Gasteiger partial charge in [0.05, 0.1) is 47.6 Å². The van der Waals surface area contributed by atoms with Crippen LogP contribution in [0.3, 0.4) is 0 Å². The van der Waals surface area contributed by atoms with Crippen molar-refractivity contribution >= 4 is 5.97 Å². The van der Waals surface area contributed by atoms with Crippen molar-refractivity contribution in [3.8, 4) is 0 Å². The van der Waals surface area contributed by atoms with Crippen LogP contribution in [0.2, 0.25) is 0 Å². The van der Waals surface area contributed by atoms with E-state index in [2.05, 4.69) is 0 Å². The fourth-order valence-electron chi connectivity index (χ4n) is 8.30. The highest BCUT2D eigenvalue weighted by Gasteiger charge is 2.51. The number of aliphatic hydroxyl groups excluding tert-OH is 4. The molecule has 0 bridgehead atoms. The summed E-state index contributed by atoms with van der Waals surface area (Å²) in [5, 5.41) is 77.3. The van der Waals surface area contributed by atoms with Crippen LogP contribution < -0.4 is 0 Å². The number of aliphatic hydroxyl groups is 6. The molecule has 15 heteroatoms. The van der Waals surface area contributed by atoms with Gasteiger partial charge in [0.25, 0.3) is 0 Å². The molecule has 15 nitrogen and oxygen atoms in total. The molecule has 8 unspecified atom stereocenters. The Hall–Kier alpha value is -1.05. The highest BCUT2D eigenvalue weighted by atomic mass is 16.7. The topological polar surface area (TPSA) is 211 Å². The minimum atomic E-state index is -1.75. The van der Waals surface area contributed by atoms with E-state index in [1.54, 1.807) is 48.6 Å². The number of carboxylic acid groups (broad SMARTS) is 1. The van der Waals surface area contributed by atoms with E-state index in [4.69, 9.17) is 23.7 Å². The second kappa shape index (κ2) is 19.4. The number of hydrogen-bond acceptors (Lipinski definition) is 14. The van der Waals surface area contributed by atoms with Crippen molar-refractivity contribution in [1.82, 2.24) is 9.80 Å². The number of methoxy groups -OCH3 is 1. The summed E-state index contributed by atoms with van der Waals surface area (Å²) in [6.07, 6.45) is -8.73. The molecule has 0 saturated carbocycles. The molecule has 314 valence electrons. The summed E-state index contributed by atoms with van der Waals surface area (Å²) in [5.74, 6) is -3.30. The Kier molecular flexibility index (Phi) is 17.6. The van der Waals surface area contributed by atoms with Crippen molar-refractivity contribution in [2.24, 2.45) is 17.8 Å². The first kappa shape index (κ1) is 48.1. The predicted molar refractivity (Wildman–Crippen MR) is 198 cm³/mol. The Bertz CT molecular complexity index is 1130. The molecule has 2 aliphatic rings. The fraction of sp³-hybridized carbons (Fsp3) is 0.974. The third kappa shape index (κ3) is 11.7. The van der Waals surface area contributed by atoms with E-state index in [1.807, 2.05) is 37.7 Å². The minimum Gasteiger partial charge on any atom is -0.481 e. The Morgan fingerprint density at radius 3 is 2.11 bits per heavy atom. The van der Waals surface area contributed by atoms with Gasteiger partial charge < -0.3 is 69.2 Å². The van der Waals surface area contributed by atoms with Crippen molar-refractivity contribution in [3.63, 3.8) is 0 Å². The predicted octanol–water partition coefficient (Wildman–Crippen LogP) is 1.42. The molecule has 18 atom stereocenters. The van der Waals surface area contributed by atoms with Gasteiger partial charge in [0, 0.05) is 38.1 Å². The monoisotopic (exact) mass is 767 g/mol. The number of ether oxygens (including phenoxy) is 5. The third-order valence-electron chi connectivity index (χ3n) is 12.0. The zero-order chi connectivity index (χ0) is 41.0. The second-order valence-electron chi connectivity index (χ2n) is 17.1. The van der Waals surface area contributed by atoms with Gasteiger partial charge in [0.15, 0.2) is 12.6 Å². The van der Waals surface area contributed by atoms with Crippen LogP contribution in [0.1, 0.15) is 94.9 Å². The van der Waals surface area contributed by atoms with Crippen LogP contribution in [-0.4, -0.2) is 177 Å². The van der Waals surface area contributed by atoms with Gasteiger partial charge in [0.1, 0.15) is 23.9 Å². The molecule has 2 rings (SSSR count). The molecular weight excluding hydrogens is 692 g/mol. The number of carbonyl (C=O) groups is 1. The Morgan fingerprint density at radius 1 is 1.02 bits per heavy atom. The van der Waals surface area contributed by atoms with Crippen molar-refractivity contribution < 1.29 is 64.2 Å². The van der Waals surface area contributed by atoms with E-state index < -0.39 is 96.0 Å². The van der Waals surface area contributed by atoms with E-state index >= 15 is 0 Å². The first-order valence-corrected chi connectivity index (χ1v) is 19.2. The lowest BCUT2D eigenvalue weighted by Gasteiger charge is -2.48. The van der Waals surface area contributed by atoms with Crippen molar-refractivity contribution in [3.05, 3.63) is 0 Å². The number of carboxylic acids is 1. The van der Waals surface area contributed by atoms with Crippen molar-refractivity contribution in [1.29, 1.82) is 0 Å². The molecule has 0 aromatic rings. The van der Waals surface area contributed by atoms with E-state index in [-0.39, 0.29) is 37.3 Å². The maximum atomic E-state index is 12.6. The minimum absolute atomic E-state index is 0.106. The van der Waals surface area contributed by atoms with Crippen LogP contribution in [0, 0.1) is 17.8 Å². The number of nitrogens with zero attached hydrogens (tertiary/aromatic N) is 2. The maximum Gasteiger partial charge on any atom is 0.308 e. The zero-order valence-corrected chi connectivity index (χ0v) is 34.7. The van der Waals surface area contributed by atoms with Gasteiger partial charge in [-0.25, -0.2) is 0 Å². The lowest BCUT2D eigenvalue weighted by Crippen LogP contribution is -2.60. The Morgan fingerprint density at radius 2 is 1.60 bits per heavy atom. The lowest BCUT2D eigenvalue weighted by molar-refractivity contribution is -0.317. The van der Waals surface area contributed by atoms with Crippen LogP contribution in [0.15, 0.2) is 0 Å². The molecule has 0 amide bonds. The normalized spacial score (nSPS) is 35.4. The number of hydrogen-bond donors (Lipinski definition) is 7. The van der Waals surface area contributed by atoms with Crippen LogP contribution in [0.25, 0.3) is 0 Å². The Labute approximate surface area is 317 Å². The average Bonchev–Trinajstić information content (AvgIpc) is 3.07. The molecule has 2 heterocycles. The highest BCUT2D eigenvalue weighted by Crippen LogP contribution is 2.39. The molecule has 2 aliphatic heterocycles. The first-order valence-electron chi connectivity index (χ1n) is 19.2. The molecule has 0 radical (unpaired) electrons. The summed E-state index contributed by atoms with van der Waals surface area (Å²) in [5.41, 5.74) is -4.43. The first-order chi connectivity index (χ1) is 24.2. The number of likely N-dealkylation sites (N-methyl/N-ethyl adjacent to an activating group) is 2. The van der Waals surface area contributed by atoms with Gasteiger partial charge in [0.2, 0.25) is 0 Å². The van der Waals surface area contributed by atoms with Gasteiger partial charge in [-0.1, -0.05) is 20.8 Å². The summed E-state index contributed by atoms with van der Waals surface area (Å²) in [7, 11) is 6.97. The second-order valence-corrected chi connectivity index (χ2v) is 17.1. The molecule has 2 fully saturated rings. The molecule has 0 aromatic heterocycles. The average molecular weight is 767 g/mol. The van der Waals surface area contributed by atoms with E-state index in [9.17, 15) is 40.5 Å². The lowest BCUT2D eigenvalue weighted by atomic mass is 9.77. The van der Waals surface area contributed by atoms with Gasteiger partial charge in [-0.05, 0) is 94.8 Å². The molecule has 7 N–H and O–H groups in total. The summed E-state index contributed by atoms with van der Waals surface area (Å²) in [6, 6.07) is -0.878. The molecule has 2 saturated heterocycles. The molecule has 53 heavy (non-hydrogen) atoms. The number of rotatable bonds is 20. The zero-order valence-electron chi connectivity index (χ0n) is 34.7. The van der Waals surface area contributed by atoms with Crippen LogP contribution >= 0.6 is 0 Å². The Balaban J connectivity index is 2.50. The van der Waals surface area contributed by atoms with Crippen molar-refractivity contribution in [2.45, 2.75) is 185 Å². The summed E-state index contributed by atoms with van der Waals surface area (Å²) in [4.78, 5) is 16.3. The summed E-state index contributed by atoms with van der Waals surface area (Å²) >= 11 is 0. The SMILES string of the molecule is CC[C@@H](O)[C@@](C)(O)[C@H](O)[C@@H](C)N(C)C[C@H](C)C[C@@](C)(O)[C@H](OC1OC(C)CC(N(C)C)C1O)[C@@H](C)[C@H](OC1CC(C)(OC)C(O)C(C)O1)[C@@H](C)C(=O)O. The van der Waals surface area contributed by atoms with Gasteiger partial charge in [-0.2, -0.15) is 0 Å². The third-order valence-corrected chi connectivity index (χ3v) is 12.0. The van der Waals surface area contributed by atoms with Gasteiger partial charge in [-0.3, -0.25) is 4.79 Å². The standard InChI is InChI=1S/C38H74N2O13/c1-15-27(41)38(10,48)31(43)24(6)40(13)19-20(2)17-36(8,47)33(53-35-29(42)26(39(11)12)16-21(3)50-35)22(4)30(23(5)34(45)46)52-28-18-37(9,49-14)32(44)25(7)51-28/h20-33,35,41-44,47-48H,15-19H2,1-14H3,(H,45,46)/t20-,21?,22+,23-,24-,25?,26?,27-,28?,29?,30+,31-,32?,33-,35?,36-,37?,38-/m1/s1. The maximum absolute atomic E-state index is 12.6. The van der Waals surface area contributed by atoms with Gasteiger partial charge in [-0.15, -0.1) is 0 Å². The van der Waals surface area contributed by atoms with Gasteiger partial charge >= 0.3 is 5.97 Å². The van der Waals surface area contributed by atoms with Crippen LogP contribution in [0.5, 0.6) is 0 Å². The summed E-state index contributed by atoms with van der Waals surface area (Å²) in [6.45, 7) is 17.3. The van der Waals surface area contributed by atoms with Crippen LogP contribution in [0.4, 0.5) is 0 Å².